The summed E-state index contributed by atoms with van der Waals surface area (Å²) in [7, 11) is 0. The Balaban J connectivity index is 1.47. The number of nitrogens with one attached hydrogen (secondary N) is 2. The molecule has 1 aromatic heterocycles. The van der Waals surface area contributed by atoms with Gasteiger partial charge in [0.05, 0.1) is 5.56 Å². The second-order valence-electron chi connectivity index (χ2n) is 6.26. The summed E-state index contributed by atoms with van der Waals surface area (Å²) in [6, 6.07) is 18.8. The van der Waals surface area contributed by atoms with Gasteiger partial charge in [-0.1, -0.05) is 46.3 Å². The third-order valence-corrected chi connectivity index (χ3v) is 4.97. The minimum atomic E-state index is -0.169. The number of carbonyl (C=O) groups excluding carboxylic acids is 2. The molecule has 0 spiro atoms. The number of amides is 2. The standard InChI is InChI=1S/C22H20BrN3O2/c23-20-6-2-1-4-17(20)9-12-21(27)26-19-10-7-16(8-11-19)14-25-22(28)18-5-3-13-24-15-18/h1-8,10-11,13,15H,9,12,14H2,(H,25,28)(H,26,27). The SMILES string of the molecule is O=C(CCc1ccccc1Br)Nc1ccc(CNC(=O)c2cccnc2)cc1. The second-order valence-corrected chi connectivity index (χ2v) is 7.12. The van der Waals surface area contributed by atoms with E-state index in [1.54, 1.807) is 18.3 Å². The number of aryl methyl sites for hydroxylation is 1. The summed E-state index contributed by atoms with van der Waals surface area (Å²) in [6.07, 6.45) is 4.24. The fourth-order valence-corrected chi connectivity index (χ4v) is 3.14. The molecule has 2 aromatic carbocycles. The Hall–Kier alpha value is -2.99. The molecule has 0 atom stereocenters. The molecule has 0 aliphatic rings. The first-order valence-corrected chi connectivity index (χ1v) is 9.71. The average Bonchev–Trinajstić information content (AvgIpc) is 2.73. The molecular weight excluding hydrogens is 418 g/mol. The Morgan fingerprint density at radius 1 is 0.964 bits per heavy atom. The maximum Gasteiger partial charge on any atom is 0.253 e. The van der Waals surface area contributed by atoms with Crippen molar-refractivity contribution in [3.63, 3.8) is 0 Å². The number of benzene rings is 2. The van der Waals surface area contributed by atoms with E-state index in [0.29, 0.717) is 24.9 Å². The minimum absolute atomic E-state index is 0.0339. The van der Waals surface area contributed by atoms with Crippen LogP contribution >= 0.6 is 15.9 Å². The summed E-state index contributed by atoms with van der Waals surface area (Å²) in [5, 5.41) is 5.75. The summed E-state index contributed by atoms with van der Waals surface area (Å²) < 4.78 is 1.01. The lowest BCUT2D eigenvalue weighted by molar-refractivity contribution is -0.116. The van der Waals surface area contributed by atoms with Crippen LogP contribution in [0.15, 0.2) is 77.5 Å². The monoisotopic (exact) mass is 437 g/mol. The van der Waals surface area contributed by atoms with E-state index in [0.717, 1.165) is 21.3 Å². The van der Waals surface area contributed by atoms with Crippen LogP contribution in [0.4, 0.5) is 5.69 Å². The average molecular weight is 438 g/mol. The zero-order chi connectivity index (χ0) is 19.8. The molecule has 3 aromatic rings. The van der Waals surface area contributed by atoms with E-state index in [4.69, 9.17) is 0 Å². The lowest BCUT2D eigenvalue weighted by Crippen LogP contribution is -2.22. The van der Waals surface area contributed by atoms with Gasteiger partial charge in [0.1, 0.15) is 0 Å². The number of carbonyl (C=O) groups is 2. The Kier molecular flexibility index (Phi) is 6.92. The number of hydrogen-bond acceptors (Lipinski definition) is 3. The van der Waals surface area contributed by atoms with Crippen molar-refractivity contribution in [3.05, 3.63) is 94.2 Å². The number of nitrogens with zero attached hydrogens (tertiary/aromatic N) is 1. The summed E-state index contributed by atoms with van der Waals surface area (Å²) in [5.41, 5.74) is 3.32. The molecule has 1 heterocycles. The fraction of sp³-hybridized carbons (Fsp3) is 0.136. The van der Waals surface area contributed by atoms with E-state index >= 15 is 0 Å². The van der Waals surface area contributed by atoms with Gasteiger partial charge in [0.25, 0.3) is 5.91 Å². The van der Waals surface area contributed by atoms with Gasteiger partial charge in [0.15, 0.2) is 0 Å². The van der Waals surface area contributed by atoms with Crippen molar-refractivity contribution >= 4 is 33.4 Å². The first-order valence-electron chi connectivity index (χ1n) is 8.92. The van der Waals surface area contributed by atoms with Crippen LogP contribution in [0.1, 0.15) is 27.9 Å². The molecule has 2 N–H and O–H groups in total. The number of rotatable bonds is 7. The summed E-state index contributed by atoms with van der Waals surface area (Å²) >= 11 is 3.50. The van der Waals surface area contributed by atoms with Crippen LogP contribution in [-0.4, -0.2) is 16.8 Å². The van der Waals surface area contributed by atoms with Crippen LogP contribution < -0.4 is 10.6 Å². The van der Waals surface area contributed by atoms with E-state index in [1.165, 1.54) is 6.20 Å². The maximum absolute atomic E-state index is 12.2. The number of pyridine rings is 1. The first-order chi connectivity index (χ1) is 13.6. The van der Waals surface area contributed by atoms with Gasteiger partial charge in [-0.2, -0.15) is 0 Å². The molecule has 0 aliphatic carbocycles. The Bertz CT molecular complexity index is 944. The lowest BCUT2D eigenvalue weighted by Gasteiger charge is -2.08. The molecule has 0 unspecified atom stereocenters. The smallest absolute Gasteiger partial charge is 0.253 e. The number of anilines is 1. The van der Waals surface area contributed by atoms with Crippen LogP contribution in [-0.2, 0) is 17.8 Å². The van der Waals surface area contributed by atoms with E-state index in [2.05, 4.69) is 31.5 Å². The molecule has 142 valence electrons. The van der Waals surface area contributed by atoms with Crippen molar-refractivity contribution in [2.75, 3.05) is 5.32 Å². The van der Waals surface area contributed by atoms with Crippen molar-refractivity contribution in [2.24, 2.45) is 0 Å². The van der Waals surface area contributed by atoms with E-state index in [-0.39, 0.29) is 11.8 Å². The van der Waals surface area contributed by atoms with Crippen molar-refractivity contribution in [1.29, 1.82) is 0 Å². The highest BCUT2D eigenvalue weighted by molar-refractivity contribution is 9.10. The highest BCUT2D eigenvalue weighted by Gasteiger charge is 2.07. The largest absolute Gasteiger partial charge is 0.348 e. The predicted molar refractivity (Wildman–Crippen MR) is 113 cm³/mol. The Morgan fingerprint density at radius 3 is 2.46 bits per heavy atom. The van der Waals surface area contributed by atoms with Gasteiger partial charge in [-0.3, -0.25) is 14.6 Å². The molecule has 2 amide bonds. The Labute approximate surface area is 172 Å². The number of aromatic nitrogens is 1. The van der Waals surface area contributed by atoms with Crippen LogP contribution in [0.25, 0.3) is 0 Å². The van der Waals surface area contributed by atoms with Gasteiger partial charge >= 0.3 is 0 Å². The van der Waals surface area contributed by atoms with Gasteiger partial charge in [-0.05, 0) is 47.9 Å². The van der Waals surface area contributed by atoms with Gasteiger partial charge < -0.3 is 10.6 Å². The van der Waals surface area contributed by atoms with Crippen molar-refractivity contribution in [1.82, 2.24) is 10.3 Å². The third kappa shape index (κ3) is 5.76. The van der Waals surface area contributed by atoms with Gasteiger partial charge in [-0.15, -0.1) is 0 Å². The van der Waals surface area contributed by atoms with Crippen LogP contribution in [0.5, 0.6) is 0 Å². The zero-order valence-corrected chi connectivity index (χ0v) is 16.8. The van der Waals surface area contributed by atoms with Gasteiger partial charge in [0.2, 0.25) is 5.91 Å². The molecule has 0 fully saturated rings. The van der Waals surface area contributed by atoms with E-state index in [9.17, 15) is 9.59 Å². The molecule has 5 nitrogen and oxygen atoms in total. The van der Waals surface area contributed by atoms with Crippen molar-refractivity contribution in [3.8, 4) is 0 Å². The lowest BCUT2D eigenvalue weighted by atomic mass is 10.1. The topological polar surface area (TPSA) is 71.1 Å². The Morgan fingerprint density at radius 2 is 1.75 bits per heavy atom. The normalized spacial score (nSPS) is 10.3. The van der Waals surface area contributed by atoms with Crippen LogP contribution in [0.3, 0.4) is 0 Å². The molecule has 0 saturated heterocycles. The van der Waals surface area contributed by atoms with E-state index < -0.39 is 0 Å². The molecular formula is C22H20BrN3O2. The maximum atomic E-state index is 12.2. The predicted octanol–water partition coefficient (Wildman–Crippen LogP) is 4.35. The summed E-state index contributed by atoms with van der Waals surface area (Å²) in [4.78, 5) is 28.1. The molecule has 0 saturated carbocycles. The highest BCUT2D eigenvalue weighted by atomic mass is 79.9. The second kappa shape index (κ2) is 9.80. The molecule has 0 aliphatic heterocycles. The van der Waals surface area contributed by atoms with Crippen molar-refractivity contribution < 1.29 is 9.59 Å². The molecule has 0 bridgehead atoms. The quantitative estimate of drug-likeness (QED) is 0.577. The van der Waals surface area contributed by atoms with Crippen LogP contribution in [0, 0.1) is 0 Å². The fourth-order valence-electron chi connectivity index (χ4n) is 2.66. The molecule has 28 heavy (non-hydrogen) atoms. The molecule has 6 heteroatoms. The third-order valence-electron chi connectivity index (χ3n) is 4.19. The number of hydrogen-bond donors (Lipinski definition) is 2. The summed E-state index contributed by atoms with van der Waals surface area (Å²) in [5.74, 6) is -0.203. The molecule has 3 rings (SSSR count). The van der Waals surface area contributed by atoms with Crippen LogP contribution in [0.2, 0.25) is 0 Å². The number of halogens is 1. The zero-order valence-electron chi connectivity index (χ0n) is 15.2. The first kappa shape index (κ1) is 19.8. The minimum Gasteiger partial charge on any atom is -0.348 e. The summed E-state index contributed by atoms with van der Waals surface area (Å²) in [6.45, 7) is 0.407. The van der Waals surface area contributed by atoms with Gasteiger partial charge in [-0.25, -0.2) is 0 Å². The van der Waals surface area contributed by atoms with Crippen molar-refractivity contribution in [2.45, 2.75) is 19.4 Å². The highest BCUT2D eigenvalue weighted by Crippen LogP contribution is 2.18. The van der Waals surface area contributed by atoms with Gasteiger partial charge in [0, 0.05) is 35.5 Å². The van der Waals surface area contributed by atoms with E-state index in [1.807, 2.05) is 48.5 Å². The molecule has 0 radical (unpaired) electrons.